The van der Waals surface area contributed by atoms with Gasteiger partial charge in [0.15, 0.2) is 11.8 Å². The van der Waals surface area contributed by atoms with E-state index in [-0.39, 0.29) is 6.04 Å². The topological polar surface area (TPSA) is 85.6 Å². The zero-order valence-corrected chi connectivity index (χ0v) is 18.0. The van der Waals surface area contributed by atoms with Crippen molar-refractivity contribution in [1.29, 1.82) is 0 Å². The van der Waals surface area contributed by atoms with E-state index in [0.717, 1.165) is 61.3 Å². The van der Waals surface area contributed by atoms with E-state index in [1.165, 1.54) is 0 Å². The molecule has 0 spiro atoms. The minimum atomic E-state index is 0.252. The van der Waals surface area contributed by atoms with E-state index in [2.05, 4.69) is 27.6 Å². The van der Waals surface area contributed by atoms with Gasteiger partial charge < -0.3 is 20.1 Å². The highest BCUT2D eigenvalue weighted by atomic mass is 35.5. The van der Waals surface area contributed by atoms with Crippen LogP contribution in [0.1, 0.15) is 30.6 Å². The third-order valence-corrected chi connectivity index (χ3v) is 5.12. The van der Waals surface area contributed by atoms with E-state index < -0.39 is 0 Å². The first-order valence-corrected chi connectivity index (χ1v) is 10.3. The van der Waals surface area contributed by atoms with E-state index >= 15 is 0 Å². The molecule has 0 fully saturated rings. The van der Waals surface area contributed by atoms with E-state index in [4.69, 9.17) is 26.1 Å². The van der Waals surface area contributed by atoms with Gasteiger partial charge in [-0.15, -0.1) is 0 Å². The van der Waals surface area contributed by atoms with Gasteiger partial charge in [0.05, 0.1) is 13.7 Å². The van der Waals surface area contributed by atoms with Gasteiger partial charge in [0.25, 0.3) is 0 Å². The molecule has 2 heterocycles. The molecule has 2 aromatic rings. The van der Waals surface area contributed by atoms with Crippen LogP contribution in [-0.4, -0.2) is 54.1 Å². The number of aromatic nitrogens is 3. The van der Waals surface area contributed by atoms with Crippen LogP contribution in [0.15, 0.2) is 23.2 Å². The Morgan fingerprint density at radius 3 is 2.97 bits per heavy atom. The molecule has 1 aliphatic rings. The Hall–Kier alpha value is -2.32. The maximum Gasteiger partial charge on any atom is 0.191 e. The van der Waals surface area contributed by atoms with Crippen LogP contribution in [0.2, 0.25) is 5.02 Å². The van der Waals surface area contributed by atoms with Gasteiger partial charge in [0.1, 0.15) is 18.2 Å². The summed E-state index contributed by atoms with van der Waals surface area (Å²) in [6.45, 7) is 4.71. The lowest BCUT2D eigenvalue weighted by molar-refractivity contribution is 0.177. The Bertz CT molecular complexity index is 838. The third kappa shape index (κ3) is 5.83. The van der Waals surface area contributed by atoms with Crippen LogP contribution in [0, 0.1) is 0 Å². The van der Waals surface area contributed by atoms with Crippen LogP contribution in [0.3, 0.4) is 0 Å². The molecule has 1 aliphatic heterocycles. The Labute approximate surface area is 176 Å². The largest absolute Gasteiger partial charge is 0.497 e. The minimum Gasteiger partial charge on any atom is -0.497 e. The van der Waals surface area contributed by atoms with Gasteiger partial charge in [0, 0.05) is 37.7 Å². The number of hydrogen-bond acceptors (Lipinski definition) is 5. The number of benzene rings is 1. The molecule has 0 amide bonds. The molecule has 1 atom stereocenters. The molecule has 0 saturated carbocycles. The Morgan fingerprint density at radius 2 is 2.24 bits per heavy atom. The lowest BCUT2D eigenvalue weighted by atomic mass is 10.1. The van der Waals surface area contributed by atoms with Gasteiger partial charge in [-0.05, 0) is 37.5 Å². The minimum absolute atomic E-state index is 0.252. The molecule has 29 heavy (non-hydrogen) atoms. The summed E-state index contributed by atoms with van der Waals surface area (Å²) in [6.07, 6.45) is 2.63. The lowest BCUT2D eigenvalue weighted by Gasteiger charge is -2.25. The first-order chi connectivity index (χ1) is 14.1. The third-order valence-electron chi connectivity index (χ3n) is 4.77. The average molecular weight is 421 g/mol. The van der Waals surface area contributed by atoms with Crippen molar-refractivity contribution in [3.8, 4) is 5.75 Å². The quantitative estimate of drug-likeness (QED) is 0.503. The number of guanidine groups is 1. The van der Waals surface area contributed by atoms with E-state index in [1.807, 2.05) is 22.9 Å². The standard InChI is InChI=1S/C20H29ClN6O2/c1-4-22-20(23-10-9-14-5-7-16(29-3)11-17(14)21)24-15-6-8-19-25-18(13-28-2)26-27(19)12-15/h5,7,11,15H,4,6,8-10,12-13H2,1-3H3,(H2,22,23,24). The number of halogens is 1. The number of aryl methyl sites for hydroxylation is 1. The average Bonchev–Trinajstić information content (AvgIpc) is 3.11. The number of nitrogens with zero attached hydrogens (tertiary/aromatic N) is 4. The monoisotopic (exact) mass is 420 g/mol. The highest BCUT2D eigenvalue weighted by Crippen LogP contribution is 2.22. The van der Waals surface area contributed by atoms with Crippen molar-refractivity contribution in [2.75, 3.05) is 27.3 Å². The van der Waals surface area contributed by atoms with Gasteiger partial charge in [-0.3, -0.25) is 4.99 Å². The van der Waals surface area contributed by atoms with Crippen LogP contribution in [0.4, 0.5) is 0 Å². The first-order valence-electron chi connectivity index (χ1n) is 9.91. The molecule has 0 bridgehead atoms. The molecule has 1 aromatic carbocycles. The second-order valence-corrected chi connectivity index (χ2v) is 7.31. The van der Waals surface area contributed by atoms with Gasteiger partial charge in [0.2, 0.25) is 0 Å². The molecular formula is C20H29ClN6O2. The van der Waals surface area contributed by atoms with Crippen LogP contribution in [-0.2, 0) is 30.7 Å². The van der Waals surface area contributed by atoms with Gasteiger partial charge in [-0.1, -0.05) is 17.7 Å². The predicted molar refractivity (Wildman–Crippen MR) is 114 cm³/mol. The van der Waals surface area contributed by atoms with Crippen molar-refractivity contribution >= 4 is 17.6 Å². The summed E-state index contributed by atoms with van der Waals surface area (Å²) in [5.41, 5.74) is 1.06. The summed E-state index contributed by atoms with van der Waals surface area (Å²) < 4.78 is 12.3. The summed E-state index contributed by atoms with van der Waals surface area (Å²) in [5.74, 6) is 3.32. The number of methoxy groups -OCH3 is 2. The summed E-state index contributed by atoms with van der Waals surface area (Å²) >= 11 is 6.33. The number of fused-ring (bicyclic) bond motifs is 1. The van der Waals surface area contributed by atoms with Crippen LogP contribution >= 0.6 is 11.6 Å². The molecule has 0 saturated heterocycles. The number of ether oxygens (including phenoxy) is 2. The summed E-state index contributed by atoms with van der Waals surface area (Å²) in [4.78, 5) is 9.24. The molecule has 9 heteroatoms. The zero-order valence-electron chi connectivity index (χ0n) is 17.2. The van der Waals surface area contributed by atoms with E-state index in [9.17, 15) is 0 Å². The predicted octanol–water partition coefficient (Wildman–Crippen LogP) is 2.20. The van der Waals surface area contributed by atoms with Gasteiger partial charge in [-0.2, -0.15) is 5.10 Å². The smallest absolute Gasteiger partial charge is 0.191 e. The van der Waals surface area contributed by atoms with Crippen LogP contribution in [0.5, 0.6) is 5.75 Å². The highest BCUT2D eigenvalue weighted by Gasteiger charge is 2.22. The van der Waals surface area contributed by atoms with Crippen molar-refractivity contribution in [3.05, 3.63) is 40.4 Å². The fourth-order valence-electron chi connectivity index (χ4n) is 3.33. The van der Waals surface area contributed by atoms with Crippen molar-refractivity contribution in [2.24, 2.45) is 4.99 Å². The van der Waals surface area contributed by atoms with Crippen molar-refractivity contribution in [3.63, 3.8) is 0 Å². The van der Waals surface area contributed by atoms with Crippen molar-refractivity contribution in [1.82, 2.24) is 25.4 Å². The van der Waals surface area contributed by atoms with E-state index in [0.29, 0.717) is 18.2 Å². The zero-order chi connectivity index (χ0) is 20.6. The molecule has 1 unspecified atom stereocenters. The van der Waals surface area contributed by atoms with Gasteiger partial charge >= 0.3 is 0 Å². The number of nitrogens with one attached hydrogen (secondary N) is 2. The Morgan fingerprint density at radius 1 is 1.38 bits per heavy atom. The Balaban J connectivity index is 1.58. The fraction of sp³-hybridized carbons (Fsp3) is 0.550. The first kappa shape index (κ1) is 21.4. The normalized spacial score (nSPS) is 16.4. The van der Waals surface area contributed by atoms with Crippen LogP contribution < -0.4 is 15.4 Å². The van der Waals surface area contributed by atoms with Crippen molar-refractivity contribution in [2.45, 2.75) is 45.4 Å². The molecule has 0 aliphatic carbocycles. The van der Waals surface area contributed by atoms with Crippen molar-refractivity contribution < 1.29 is 9.47 Å². The molecule has 8 nitrogen and oxygen atoms in total. The lowest BCUT2D eigenvalue weighted by Crippen LogP contribution is -2.47. The second-order valence-electron chi connectivity index (χ2n) is 6.91. The summed E-state index contributed by atoms with van der Waals surface area (Å²) in [6, 6.07) is 5.99. The van der Waals surface area contributed by atoms with E-state index in [1.54, 1.807) is 14.2 Å². The highest BCUT2D eigenvalue weighted by molar-refractivity contribution is 6.31. The molecule has 0 radical (unpaired) electrons. The SMILES string of the molecule is CCNC(=NCCc1ccc(OC)cc1Cl)NC1CCc2nc(COC)nn2C1. The summed E-state index contributed by atoms with van der Waals surface area (Å²) in [7, 11) is 3.29. The molecule has 3 rings (SSSR count). The summed E-state index contributed by atoms with van der Waals surface area (Å²) in [5, 5.41) is 12.1. The van der Waals surface area contributed by atoms with Crippen LogP contribution in [0.25, 0.3) is 0 Å². The number of aliphatic imine (C=N–C) groups is 1. The van der Waals surface area contributed by atoms with Gasteiger partial charge in [-0.25, -0.2) is 9.67 Å². The molecular weight excluding hydrogens is 392 g/mol. The number of rotatable bonds is 8. The Kier molecular flexibility index (Phi) is 7.71. The maximum atomic E-state index is 6.33. The molecule has 2 N–H and O–H groups in total. The molecule has 1 aromatic heterocycles. The molecule has 158 valence electrons. The second kappa shape index (κ2) is 10.5. The number of hydrogen-bond donors (Lipinski definition) is 2. The fourth-order valence-corrected chi connectivity index (χ4v) is 3.59. The maximum absolute atomic E-state index is 6.33.